The number of nitro groups is 1. The van der Waals surface area contributed by atoms with E-state index in [1.807, 2.05) is 6.92 Å². The van der Waals surface area contributed by atoms with Crippen LogP contribution in [0.4, 0.5) is 10.8 Å². The number of aromatic nitrogens is 2. The molecule has 2 heterocycles. The van der Waals surface area contributed by atoms with E-state index in [9.17, 15) is 14.9 Å². The van der Waals surface area contributed by atoms with Crippen LogP contribution in [0.1, 0.15) is 11.8 Å². The molecule has 0 saturated carbocycles. The molecular weight excluding hydrogens is 348 g/mol. The fraction of sp³-hybridized carbons (Fsp3) is 0.273. The molecule has 9 heteroatoms. The fourth-order valence-corrected chi connectivity index (χ4v) is 2.92. The molecule has 20 heavy (non-hydrogen) atoms. The number of nitrogens with zero attached hydrogens (tertiary/aromatic N) is 3. The number of hydrogen-bond donors (Lipinski definition) is 1. The number of pyridine rings is 1. The largest absolute Gasteiger partial charge is 0.362 e. The molecule has 2 aromatic heterocycles. The van der Waals surface area contributed by atoms with Crippen LogP contribution in [0.25, 0.3) is 0 Å². The molecule has 0 amide bonds. The van der Waals surface area contributed by atoms with Crippen molar-refractivity contribution in [1.29, 1.82) is 0 Å². The third kappa shape index (κ3) is 3.23. The van der Waals surface area contributed by atoms with Crippen LogP contribution in [0.2, 0.25) is 0 Å². The van der Waals surface area contributed by atoms with E-state index in [0.717, 1.165) is 16.6 Å². The van der Waals surface area contributed by atoms with Crippen molar-refractivity contribution in [1.82, 2.24) is 9.55 Å². The van der Waals surface area contributed by atoms with Crippen LogP contribution >= 0.6 is 27.3 Å². The van der Waals surface area contributed by atoms with Crippen LogP contribution in [0.5, 0.6) is 0 Å². The number of anilines is 1. The van der Waals surface area contributed by atoms with E-state index >= 15 is 0 Å². The summed E-state index contributed by atoms with van der Waals surface area (Å²) in [5.41, 5.74) is -0.443. The number of hydrogen-bond acceptors (Lipinski definition) is 6. The topological polar surface area (TPSA) is 90.1 Å². The quantitative estimate of drug-likeness (QED) is 0.654. The van der Waals surface area contributed by atoms with E-state index < -0.39 is 4.92 Å². The molecule has 0 saturated heterocycles. The van der Waals surface area contributed by atoms with Crippen LogP contribution in [0.3, 0.4) is 0 Å². The molecule has 0 bridgehead atoms. The molecule has 0 aliphatic heterocycles. The standard InChI is InChI=1S/C11H11BrN4O3S/c1-2-13-11-14-4-8(20-11)6-15-5-7(16(18)19)3-9(12)10(15)17/h3-5H,2,6H2,1H3,(H,13,14). The van der Waals surface area contributed by atoms with Crippen LogP contribution in [0, 0.1) is 10.1 Å². The monoisotopic (exact) mass is 358 g/mol. The van der Waals surface area contributed by atoms with Crippen LogP contribution in [-0.2, 0) is 6.54 Å². The molecule has 1 N–H and O–H groups in total. The Labute approximate surface area is 126 Å². The van der Waals surface area contributed by atoms with Gasteiger partial charge in [-0.15, -0.1) is 11.3 Å². The molecule has 0 radical (unpaired) electrons. The van der Waals surface area contributed by atoms with Gasteiger partial charge in [-0.3, -0.25) is 14.9 Å². The second-order valence-electron chi connectivity index (χ2n) is 3.90. The molecule has 0 fully saturated rings. The molecule has 0 atom stereocenters. The van der Waals surface area contributed by atoms with Crippen molar-refractivity contribution >= 4 is 38.1 Å². The highest BCUT2D eigenvalue weighted by Crippen LogP contribution is 2.20. The zero-order chi connectivity index (χ0) is 14.7. The van der Waals surface area contributed by atoms with Gasteiger partial charge in [0.25, 0.3) is 11.2 Å². The van der Waals surface area contributed by atoms with Crippen molar-refractivity contribution < 1.29 is 4.92 Å². The lowest BCUT2D eigenvalue weighted by molar-refractivity contribution is -0.385. The summed E-state index contributed by atoms with van der Waals surface area (Å²) in [6.07, 6.45) is 2.89. The first-order valence-electron chi connectivity index (χ1n) is 5.74. The number of nitrogens with one attached hydrogen (secondary N) is 1. The van der Waals surface area contributed by atoms with Crippen molar-refractivity contribution in [3.63, 3.8) is 0 Å². The molecular formula is C11H11BrN4O3S. The zero-order valence-electron chi connectivity index (χ0n) is 10.5. The van der Waals surface area contributed by atoms with Gasteiger partial charge < -0.3 is 9.88 Å². The summed E-state index contributed by atoms with van der Waals surface area (Å²) in [5.74, 6) is 0. The van der Waals surface area contributed by atoms with Gasteiger partial charge in [0.05, 0.1) is 22.1 Å². The average molecular weight is 359 g/mol. The van der Waals surface area contributed by atoms with E-state index in [-0.39, 0.29) is 22.3 Å². The smallest absolute Gasteiger partial charge is 0.286 e. The maximum atomic E-state index is 11.9. The first kappa shape index (κ1) is 14.7. The second-order valence-corrected chi connectivity index (χ2v) is 5.87. The molecule has 0 aromatic carbocycles. The van der Waals surface area contributed by atoms with Gasteiger partial charge in [-0.1, -0.05) is 0 Å². The molecule has 0 unspecified atom stereocenters. The van der Waals surface area contributed by atoms with E-state index in [1.54, 1.807) is 6.20 Å². The first-order chi connectivity index (χ1) is 9.51. The van der Waals surface area contributed by atoms with Crippen molar-refractivity contribution in [3.05, 3.63) is 48.3 Å². The van der Waals surface area contributed by atoms with E-state index in [0.29, 0.717) is 0 Å². The summed E-state index contributed by atoms with van der Waals surface area (Å²) in [5, 5.41) is 14.6. The summed E-state index contributed by atoms with van der Waals surface area (Å²) < 4.78 is 1.47. The van der Waals surface area contributed by atoms with Gasteiger partial charge in [0, 0.05) is 23.7 Å². The van der Waals surface area contributed by atoms with E-state index in [2.05, 4.69) is 26.2 Å². The van der Waals surface area contributed by atoms with E-state index in [1.165, 1.54) is 28.2 Å². The lowest BCUT2D eigenvalue weighted by Gasteiger charge is -2.04. The van der Waals surface area contributed by atoms with Gasteiger partial charge in [0.2, 0.25) is 0 Å². The highest BCUT2D eigenvalue weighted by molar-refractivity contribution is 9.10. The Morgan fingerprint density at radius 1 is 1.60 bits per heavy atom. The summed E-state index contributed by atoms with van der Waals surface area (Å²) >= 11 is 4.46. The van der Waals surface area contributed by atoms with Gasteiger partial charge in [-0.25, -0.2) is 4.98 Å². The Morgan fingerprint density at radius 3 is 3.00 bits per heavy atom. The lowest BCUT2D eigenvalue weighted by Crippen LogP contribution is -2.20. The van der Waals surface area contributed by atoms with Gasteiger partial charge in [0.1, 0.15) is 0 Å². The Bertz CT molecular complexity index is 697. The molecule has 106 valence electrons. The Hall–Kier alpha value is -1.74. The van der Waals surface area contributed by atoms with Crippen molar-refractivity contribution in [2.45, 2.75) is 13.5 Å². The third-order valence-electron chi connectivity index (χ3n) is 2.45. The summed E-state index contributed by atoms with van der Waals surface area (Å²) in [6, 6.07) is 1.20. The molecule has 0 spiro atoms. The summed E-state index contributed by atoms with van der Waals surface area (Å²) in [6.45, 7) is 2.97. The minimum Gasteiger partial charge on any atom is -0.362 e. The normalized spacial score (nSPS) is 10.5. The predicted molar refractivity (Wildman–Crippen MR) is 80.4 cm³/mol. The highest BCUT2D eigenvalue weighted by atomic mass is 79.9. The van der Waals surface area contributed by atoms with E-state index in [4.69, 9.17) is 0 Å². The van der Waals surface area contributed by atoms with Crippen LogP contribution in [-0.4, -0.2) is 21.0 Å². The van der Waals surface area contributed by atoms with Gasteiger partial charge in [0.15, 0.2) is 5.13 Å². The molecule has 7 nitrogen and oxygen atoms in total. The maximum Gasteiger partial charge on any atom is 0.286 e. The molecule has 2 aromatic rings. The second kappa shape index (κ2) is 6.14. The maximum absolute atomic E-state index is 11.9. The highest BCUT2D eigenvalue weighted by Gasteiger charge is 2.13. The fourth-order valence-electron chi connectivity index (χ4n) is 1.58. The van der Waals surface area contributed by atoms with Gasteiger partial charge >= 0.3 is 0 Å². The number of thiazole rings is 1. The van der Waals surface area contributed by atoms with Crippen LogP contribution < -0.4 is 10.9 Å². The van der Waals surface area contributed by atoms with Crippen molar-refractivity contribution in [3.8, 4) is 0 Å². The SMILES string of the molecule is CCNc1ncc(Cn2cc([N+](=O)[O-])cc(Br)c2=O)s1. The Kier molecular flexibility index (Phi) is 4.50. The van der Waals surface area contributed by atoms with Gasteiger partial charge in [-0.2, -0.15) is 0 Å². The Morgan fingerprint density at radius 2 is 2.35 bits per heavy atom. The minimum absolute atomic E-state index is 0.132. The minimum atomic E-state index is -0.530. The molecule has 0 aliphatic rings. The van der Waals surface area contributed by atoms with Crippen molar-refractivity contribution in [2.24, 2.45) is 0 Å². The molecule has 0 aliphatic carbocycles. The number of halogens is 1. The predicted octanol–water partition coefficient (Wildman–Crippen LogP) is 2.46. The Balaban J connectivity index is 2.32. The van der Waals surface area contributed by atoms with Crippen molar-refractivity contribution in [2.75, 3.05) is 11.9 Å². The first-order valence-corrected chi connectivity index (χ1v) is 7.35. The average Bonchev–Trinajstić information content (AvgIpc) is 2.82. The summed E-state index contributed by atoms with van der Waals surface area (Å²) in [4.78, 5) is 27.2. The summed E-state index contributed by atoms with van der Waals surface area (Å²) in [7, 11) is 0. The molecule has 2 rings (SSSR count). The van der Waals surface area contributed by atoms with Crippen LogP contribution in [0.15, 0.2) is 27.7 Å². The lowest BCUT2D eigenvalue weighted by atomic mass is 10.4. The third-order valence-corrected chi connectivity index (χ3v) is 3.95. The van der Waals surface area contributed by atoms with Gasteiger partial charge in [-0.05, 0) is 22.9 Å². The number of rotatable bonds is 5. The zero-order valence-corrected chi connectivity index (χ0v) is 12.9.